The Morgan fingerprint density at radius 1 is 0.882 bits per heavy atom. The van der Waals surface area contributed by atoms with Gasteiger partial charge in [0.1, 0.15) is 0 Å². The van der Waals surface area contributed by atoms with Crippen LogP contribution in [0.15, 0.2) is 90.8 Å². The van der Waals surface area contributed by atoms with E-state index in [1.54, 1.807) is 0 Å². The molecule has 2 heterocycles. The van der Waals surface area contributed by atoms with E-state index < -0.39 is 13.3 Å². The van der Waals surface area contributed by atoms with Crippen molar-refractivity contribution in [1.29, 1.82) is 0 Å². The van der Waals surface area contributed by atoms with Crippen LogP contribution in [0.3, 0.4) is 0 Å². The number of nitrogens with zero attached hydrogens (tertiary/aromatic N) is 1. The maximum Gasteiger partial charge on any atom is 0.162 e. The minimum absolute atomic E-state index is 0. The third-order valence-electron chi connectivity index (χ3n) is 10.3. The summed E-state index contributed by atoms with van der Waals surface area (Å²) in [6.45, 7) is 14.9. The van der Waals surface area contributed by atoms with Crippen LogP contribution in [0.5, 0.6) is 11.5 Å². The Kier molecular flexibility index (Phi) is 13.6. The van der Waals surface area contributed by atoms with E-state index in [0.29, 0.717) is 0 Å². The minimum atomic E-state index is -2.52. The number of carbonyl (C=O) groups excluding carboxylic acids is 1. The van der Waals surface area contributed by atoms with E-state index in [2.05, 4.69) is 111 Å². The average Bonchev–Trinajstić information content (AvgIpc) is 3.10. The molecule has 1 N–H and O–H groups in total. The first kappa shape index (κ1) is 40.5. The van der Waals surface area contributed by atoms with Gasteiger partial charge in [-0.1, -0.05) is 27.7 Å². The molecule has 1 aliphatic rings. The molecule has 0 saturated heterocycles. The largest absolute Gasteiger partial charge is 0.512 e. The van der Waals surface area contributed by atoms with Crippen molar-refractivity contribution >= 4 is 49.4 Å². The Labute approximate surface area is 321 Å². The molecule has 0 saturated carbocycles. The van der Waals surface area contributed by atoms with Crippen molar-refractivity contribution in [3.63, 3.8) is 0 Å². The number of carbonyl (C=O) groups is 1. The zero-order valence-electron chi connectivity index (χ0n) is 31.8. The van der Waals surface area contributed by atoms with Crippen molar-refractivity contribution in [2.75, 3.05) is 0 Å². The van der Waals surface area contributed by atoms with Gasteiger partial charge in [0.15, 0.2) is 5.78 Å². The second-order valence-electron chi connectivity index (χ2n) is 15.4. The number of benzene rings is 4. The normalized spacial score (nSPS) is 12.6. The van der Waals surface area contributed by atoms with Crippen LogP contribution in [0.4, 0.5) is 0 Å². The molecule has 6 heteroatoms. The first-order chi connectivity index (χ1) is 23.8. The monoisotopic (exact) mass is 923 g/mol. The minimum Gasteiger partial charge on any atom is -0.512 e. The number of hydrogen-bond donors (Lipinski definition) is 1. The zero-order valence-corrected chi connectivity index (χ0v) is 36.3. The van der Waals surface area contributed by atoms with Gasteiger partial charge in [-0.2, -0.15) is 0 Å². The maximum absolute atomic E-state index is 11.7. The molecule has 0 bridgehead atoms. The second-order valence-corrected chi connectivity index (χ2v) is 24.7. The molecule has 0 fully saturated rings. The maximum atomic E-state index is 11.7. The van der Waals surface area contributed by atoms with Crippen LogP contribution in [-0.2, 0) is 31.3 Å². The predicted molar refractivity (Wildman–Crippen MR) is 214 cm³/mol. The molecule has 5 aromatic rings. The van der Waals surface area contributed by atoms with Crippen LogP contribution in [0, 0.1) is 23.3 Å². The van der Waals surface area contributed by atoms with Crippen LogP contribution < -0.4 is 13.5 Å². The van der Waals surface area contributed by atoms with Crippen LogP contribution in [-0.4, -0.2) is 29.1 Å². The van der Waals surface area contributed by atoms with E-state index in [9.17, 15) is 9.90 Å². The molecule has 6 rings (SSSR count). The first-order valence-corrected chi connectivity index (χ1v) is 24.7. The molecule has 51 heavy (non-hydrogen) atoms. The van der Waals surface area contributed by atoms with Gasteiger partial charge in [-0.25, -0.2) is 0 Å². The summed E-state index contributed by atoms with van der Waals surface area (Å²) in [6, 6.07) is 30.0. The van der Waals surface area contributed by atoms with E-state index >= 15 is 0 Å². The standard InChI is InChI=1S/C32H30GeNO.C13H24O2.Ir/c1-32(2,3)20-27-25-14-10-9-11-21(25)18-26-30-29-22(15-16-34-30)17-24(19-28(29)35-31(26)27)33(4,5)23-12-7-6-8-13-23;1-5-10(6-2)12(14)9-13(15)11(7-3)8-4;/h6-17,19H,20H2,1-5H3;9-11,14H,5-8H2,1-4H3;/q-1;;/b;12-9-;. The number of allylic oxidation sites excluding steroid dienone is 2. The number of aromatic nitrogens is 1. The summed E-state index contributed by atoms with van der Waals surface area (Å²) in [5.41, 5.74) is 3.34. The molecule has 0 aliphatic carbocycles. The topological polar surface area (TPSA) is 59.4 Å². The molecule has 1 aliphatic heterocycles. The van der Waals surface area contributed by atoms with Gasteiger partial charge in [0.2, 0.25) is 0 Å². The molecule has 1 aromatic heterocycles. The molecule has 0 unspecified atom stereocenters. The number of rotatable bonds is 10. The first-order valence-electron chi connectivity index (χ1n) is 18.4. The van der Waals surface area contributed by atoms with Crippen LogP contribution >= 0.6 is 0 Å². The van der Waals surface area contributed by atoms with E-state index in [1.165, 1.54) is 31.2 Å². The molecule has 0 amide bonds. The van der Waals surface area contributed by atoms with Crippen molar-refractivity contribution in [3.8, 4) is 22.8 Å². The summed E-state index contributed by atoms with van der Waals surface area (Å²) < 4.78 is 9.75. The molecule has 271 valence electrons. The van der Waals surface area contributed by atoms with Gasteiger partial charge < -0.3 is 5.11 Å². The van der Waals surface area contributed by atoms with Crippen molar-refractivity contribution in [2.24, 2.45) is 17.3 Å². The van der Waals surface area contributed by atoms with Crippen LogP contribution in [0.25, 0.3) is 32.8 Å². The fourth-order valence-corrected chi connectivity index (χ4v) is 12.1. The number of fused-ring (bicyclic) bond motifs is 3. The number of aliphatic hydroxyl groups is 1. The summed E-state index contributed by atoms with van der Waals surface area (Å²) in [4.78, 5) is 16.6. The van der Waals surface area contributed by atoms with Gasteiger partial charge in [-0.05, 0) is 25.7 Å². The zero-order chi connectivity index (χ0) is 36.2. The molecule has 4 nitrogen and oxygen atoms in total. The third kappa shape index (κ3) is 8.87. The molecular formula is C45H54GeIrNO3-. The summed E-state index contributed by atoms with van der Waals surface area (Å²) >= 11 is -2.52. The number of ether oxygens (including phenoxy) is 1. The molecule has 0 spiro atoms. The Bertz CT molecular complexity index is 2000. The van der Waals surface area contributed by atoms with Crippen molar-refractivity contribution < 1.29 is 34.7 Å². The average molecular weight is 922 g/mol. The summed E-state index contributed by atoms with van der Waals surface area (Å²) in [5.74, 6) is 7.34. The summed E-state index contributed by atoms with van der Waals surface area (Å²) in [7, 11) is 0. The van der Waals surface area contributed by atoms with Crippen LogP contribution in [0.2, 0.25) is 11.5 Å². The number of pyridine rings is 1. The predicted octanol–water partition coefficient (Wildman–Crippen LogP) is 11.2. The Balaban J connectivity index is 0.000000312. The van der Waals surface area contributed by atoms with E-state index in [-0.39, 0.29) is 48.9 Å². The van der Waals surface area contributed by atoms with Crippen LogP contribution in [0.1, 0.15) is 79.7 Å². The SMILES string of the molecule is CC(C)(C)Cc1c2c([c-]c3ccccc13)-c1nccc3c[c]([Ge]([CH3])([CH3])[c]4ccccc4)cc(c13)O2.CCC(CC)C(=O)/C=C(\O)C(CC)CC.[Ir]. The number of ketones is 1. The Morgan fingerprint density at radius 3 is 2.14 bits per heavy atom. The Hall–Kier alpha value is -3.25. The van der Waals surface area contributed by atoms with Crippen molar-refractivity contribution in [1.82, 2.24) is 4.98 Å². The molecule has 4 aromatic carbocycles. The van der Waals surface area contributed by atoms with E-state index in [1.807, 2.05) is 33.9 Å². The molecule has 1 radical (unpaired) electrons. The fourth-order valence-electron chi connectivity index (χ4n) is 7.13. The van der Waals surface area contributed by atoms with E-state index in [0.717, 1.165) is 65.6 Å². The summed E-state index contributed by atoms with van der Waals surface area (Å²) in [6.07, 6.45) is 7.77. The van der Waals surface area contributed by atoms with Gasteiger partial charge in [0.05, 0.1) is 5.76 Å². The number of hydrogen-bond acceptors (Lipinski definition) is 4. The van der Waals surface area contributed by atoms with E-state index in [4.69, 9.17) is 9.72 Å². The number of aliphatic hydroxyl groups excluding tert-OH is 1. The van der Waals surface area contributed by atoms with Crippen molar-refractivity contribution in [3.05, 3.63) is 102 Å². The second kappa shape index (κ2) is 17.1. The Morgan fingerprint density at radius 2 is 1.51 bits per heavy atom. The third-order valence-corrected chi connectivity index (χ3v) is 17.7. The summed E-state index contributed by atoms with van der Waals surface area (Å²) in [5, 5.41) is 14.4. The smallest absolute Gasteiger partial charge is 0.162 e. The fraction of sp³-hybridized carbons (Fsp3) is 0.378. The van der Waals surface area contributed by atoms with Gasteiger partial charge in [0.25, 0.3) is 0 Å². The van der Waals surface area contributed by atoms with Crippen molar-refractivity contribution in [2.45, 2.75) is 92.1 Å². The molecular weight excluding hydrogens is 867 g/mol. The van der Waals surface area contributed by atoms with Gasteiger partial charge in [-0.15, -0.1) is 0 Å². The van der Waals surface area contributed by atoms with Gasteiger partial charge in [0, 0.05) is 38.0 Å². The molecule has 0 atom stereocenters. The van der Waals surface area contributed by atoms with Gasteiger partial charge in [-0.3, -0.25) is 4.79 Å². The van der Waals surface area contributed by atoms with Gasteiger partial charge >= 0.3 is 211 Å². The quantitative estimate of drug-likeness (QED) is 0.0644.